The largest absolute Gasteiger partial charge is 0.491 e. The van der Waals surface area contributed by atoms with Crippen LogP contribution in [0.25, 0.3) is 32.9 Å². The molecule has 0 saturated heterocycles. The molecular weight excluding hydrogens is 442 g/mol. The third kappa shape index (κ3) is 3.99. The van der Waals surface area contributed by atoms with Gasteiger partial charge in [0.25, 0.3) is 0 Å². The molecule has 1 amide bonds. The number of carbonyl (C=O) groups is 1. The van der Waals surface area contributed by atoms with Crippen LogP contribution < -0.4 is 15.0 Å². The van der Waals surface area contributed by atoms with Gasteiger partial charge in [-0.1, -0.05) is 36.4 Å². The monoisotopic (exact) mass is 465 g/mol. The number of nitrogens with one attached hydrogen (secondary N) is 2. The predicted molar refractivity (Wildman–Crippen MR) is 136 cm³/mol. The molecule has 5 aromatic rings. The van der Waals surface area contributed by atoms with Gasteiger partial charge in [-0.3, -0.25) is 5.32 Å². The number of pyridine rings is 1. The molecule has 1 aliphatic rings. The van der Waals surface area contributed by atoms with Gasteiger partial charge in [0.1, 0.15) is 18.2 Å². The lowest BCUT2D eigenvalue weighted by Crippen LogP contribution is -2.26. The van der Waals surface area contributed by atoms with Gasteiger partial charge >= 0.3 is 6.09 Å². The third-order valence-corrected chi connectivity index (χ3v) is 6.21. The van der Waals surface area contributed by atoms with Crippen LogP contribution in [0.3, 0.4) is 0 Å². The molecule has 3 heterocycles. The number of benzene rings is 3. The van der Waals surface area contributed by atoms with E-state index in [-0.39, 0.29) is 0 Å². The van der Waals surface area contributed by atoms with Crippen molar-refractivity contribution in [2.24, 2.45) is 0 Å². The Morgan fingerprint density at radius 3 is 2.86 bits per heavy atom. The number of carbonyl (C=O) groups excluding carboxylic acids is 1. The molecule has 0 saturated carbocycles. The molecular formula is C27H23N5O3. The van der Waals surface area contributed by atoms with Crippen LogP contribution in [0, 0.1) is 0 Å². The van der Waals surface area contributed by atoms with E-state index in [1.165, 1.54) is 12.5 Å². The van der Waals surface area contributed by atoms with Gasteiger partial charge in [-0.25, -0.2) is 14.8 Å². The molecule has 174 valence electrons. The van der Waals surface area contributed by atoms with Crippen LogP contribution in [0.5, 0.6) is 5.75 Å². The lowest BCUT2D eigenvalue weighted by atomic mass is 10.0. The maximum atomic E-state index is 11.5. The van der Waals surface area contributed by atoms with Crippen LogP contribution in [-0.4, -0.2) is 41.3 Å². The Bertz CT molecular complexity index is 1560. The molecule has 8 nitrogen and oxygen atoms in total. The molecule has 0 spiro atoms. The fourth-order valence-electron chi connectivity index (χ4n) is 4.51. The van der Waals surface area contributed by atoms with Gasteiger partial charge in [-0.05, 0) is 46.8 Å². The van der Waals surface area contributed by atoms with Gasteiger partial charge in [0.05, 0.1) is 24.7 Å². The van der Waals surface area contributed by atoms with E-state index in [2.05, 4.69) is 49.2 Å². The van der Waals surface area contributed by atoms with Crippen LogP contribution in [0.1, 0.15) is 5.56 Å². The zero-order chi connectivity index (χ0) is 23.8. The molecule has 0 atom stereocenters. The Balaban J connectivity index is 1.33. The summed E-state index contributed by atoms with van der Waals surface area (Å²) >= 11 is 0. The van der Waals surface area contributed by atoms with Crippen molar-refractivity contribution in [1.29, 1.82) is 0 Å². The van der Waals surface area contributed by atoms with E-state index >= 15 is 0 Å². The van der Waals surface area contributed by atoms with E-state index in [4.69, 9.17) is 9.72 Å². The van der Waals surface area contributed by atoms with Crippen LogP contribution in [0.4, 0.5) is 16.6 Å². The Hall–Kier alpha value is -4.59. The molecule has 1 aliphatic heterocycles. The molecule has 0 unspecified atom stereocenters. The van der Waals surface area contributed by atoms with Gasteiger partial charge in [0.15, 0.2) is 0 Å². The lowest BCUT2D eigenvalue weighted by Gasteiger charge is -2.22. The lowest BCUT2D eigenvalue weighted by molar-refractivity contribution is 0.186. The zero-order valence-electron chi connectivity index (χ0n) is 19.1. The highest BCUT2D eigenvalue weighted by Gasteiger charge is 2.19. The van der Waals surface area contributed by atoms with Crippen LogP contribution in [0.2, 0.25) is 0 Å². The summed E-state index contributed by atoms with van der Waals surface area (Å²) in [5, 5.41) is 4.87. The van der Waals surface area contributed by atoms with Crippen LogP contribution in [-0.2, 0) is 11.3 Å². The van der Waals surface area contributed by atoms with Crippen molar-refractivity contribution >= 4 is 39.7 Å². The Labute approximate surface area is 201 Å². The number of imidazole rings is 1. The number of amides is 1. The number of ether oxygens (including phenoxy) is 2. The molecule has 0 radical (unpaired) electrons. The topological polar surface area (TPSA) is 92.4 Å². The van der Waals surface area contributed by atoms with Crippen LogP contribution >= 0.6 is 0 Å². The number of rotatable bonds is 3. The second kappa shape index (κ2) is 8.64. The summed E-state index contributed by atoms with van der Waals surface area (Å²) in [4.78, 5) is 26.0. The summed E-state index contributed by atoms with van der Waals surface area (Å²) in [6, 6.07) is 22.6. The number of hydrogen-bond acceptors (Lipinski definition) is 6. The second-order valence-corrected chi connectivity index (χ2v) is 8.38. The van der Waals surface area contributed by atoms with Gasteiger partial charge in [0, 0.05) is 23.7 Å². The fourth-order valence-corrected chi connectivity index (χ4v) is 4.51. The van der Waals surface area contributed by atoms with Crippen molar-refractivity contribution in [2.45, 2.75) is 6.54 Å². The van der Waals surface area contributed by atoms with E-state index in [9.17, 15) is 4.79 Å². The van der Waals surface area contributed by atoms with E-state index in [1.807, 2.05) is 48.7 Å². The fraction of sp³-hybridized carbons (Fsp3) is 0.148. The van der Waals surface area contributed by atoms with Crippen molar-refractivity contribution in [3.8, 4) is 16.9 Å². The van der Waals surface area contributed by atoms with E-state index < -0.39 is 6.09 Å². The highest BCUT2D eigenvalue weighted by atomic mass is 16.5. The van der Waals surface area contributed by atoms with Gasteiger partial charge in [-0.2, -0.15) is 0 Å². The normalized spacial score (nSPS) is 13.2. The number of methoxy groups -OCH3 is 1. The molecule has 0 fully saturated rings. The number of fused-ring (bicyclic) bond motifs is 3. The molecule has 3 aromatic carbocycles. The molecule has 2 N–H and O–H groups in total. The Morgan fingerprint density at radius 1 is 1.09 bits per heavy atom. The summed E-state index contributed by atoms with van der Waals surface area (Å²) in [7, 11) is 1.32. The SMILES string of the molecule is COC(=O)Nc1nc2ccc(-c3ccc4c(c3)CN(c3nccc5ccccc35)CCO4)cc2[nH]1. The summed E-state index contributed by atoms with van der Waals surface area (Å²) in [5.41, 5.74) is 4.78. The van der Waals surface area contributed by atoms with E-state index in [1.54, 1.807) is 0 Å². The van der Waals surface area contributed by atoms with Crippen molar-refractivity contribution in [1.82, 2.24) is 15.0 Å². The molecule has 0 bridgehead atoms. The molecule has 2 aromatic heterocycles. The van der Waals surface area contributed by atoms with Gasteiger partial charge < -0.3 is 19.4 Å². The first-order valence-electron chi connectivity index (χ1n) is 11.4. The number of nitrogens with zero attached hydrogens (tertiary/aromatic N) is 3. The number of anilines is 2. The number of H-pyrrole nitrogens is 1. The summed E-state index contributed by atoms with van der Waals surface area (Å²) < 4.78 is 10.7. The van der Waals surface area contributed by atoms with Gasteiger partial charge in [0.2, 0.25) is 5.95 Å². The van der Waals surface area contributed by atoms with Crippen molar-refractivity contribution in [3.05, 3.63) is 78.5 Å². The van der Waals surface area contributed by atoms with E-state index in [0.29, 0.717) is 19.1 Å². The summed E-state index contributed by atoms with van der Waals surface area (Å²) in [6.07, 6.45) is 1.30. The third-order valence-electron chi connectivity index (χ3n) is 6.21. The first kappa shape index (κ1) is 21.0. The van der Waals surface area contributed by atoms with Gasteiger partial charge in [-0.15, -0.1) is 0 Å². The number of aromatic amines is 1. The highest BCUT2D eigenvalue weighted by molar-refractivity contribution is 5.92. The minimum absolute atomic E-state index is 0.345. The summed E-state index contributed by atoms with van der Waals surface area (Å²) in [6.45, 7) is 2.04. The van der Waals surface area contributed by atoms with E-state index in [0.717, 1.165) is 51.2 Å². The van der Waals surface area contributed by atoms with Crippen molar-refractivity contribution in [2.75, 3.05) is 30.5 Å². The highest BCUT2D eigenvalue weighted by Crippen LogP contribution is 2.33. The standard InChI is InChI=1S/C27H23N5O3/c1-34-27(33)31-26-29-22-8-6-19(15-23(22)30-26)18-7-9-24-20(14-18)16-32(12-13-35-24)25-21-5-3-2-4-17(21)10-11-28-25/h2-11,14-15H,12-13,16H2,1H3,(H2,29,30,31,33). The maximum absolute atomic E-state index is 11.5. The minimum Gasteiger partial charge on any atom is -0.491 e. The molecule has 35 heavy (non-hydrogen) atoms. The average Bonchev–Trinajstić information content (AvgIpc) is 3.17. The minimum atomic E-state index is -0.569. The number of hydrogen-bond donors (Lipinski definition) is 2. The van der Waals surface area contributed by atoms with Crippen molar-refractivity contribution in [3.63, 3.8) is 0 Å². The smallest absolute Gasteiger partial charge is 0.413 e. The molecule has 8 heteroatoms. The predicted octanol–water partition coefficient (Wildman–Crippen LogP) is 5.36. The second-order valence-electron chi connectivity index (χ2n) is 8.38. The molecule has 0 aliphatic carbocycles. The quantitative estimate of drug-likeness (QED) is 0.373. The van der Waals surface area contributed by atoms with Crippen molar-refractivity contribution < 1.29 is 14.3 Å². The zero-order valence-corrected chi connectivity index (χ0v) is 19.1. The Kier molecular flexibility index (Phi) is 5.18. The Morgan fingerprint density at radius 2 is 1.94 bits per heavy atom. The molecule has 6 rings (SSSR count). The average molecular weight is 466 g/mol. The first-order chi connectivity index (χ1) is 17.2. The number of aromatic nitrogens is 3. The first-order valence-corrected chi connectivity index (χ1v) is 11.4. The maximum Gasteiger partial charge on any atom is 0.413 e. The van der Waals surface area contributed by atoms with Crippen LogP contribution in [0.15, 0.2) is 72.9 Å². The summed E-state index contributed by atoms with van der Waals surface area (Å²) in [5.74, 6) is 2.20.